The molecule has 0 aliphatic carbocycles. The van der Waals surface area contributed by atoms with Gasteiger partial charge in [-0.05, 0) is 35.0 Å². The molecule has 2 aromatic carbocycles. The molecule has 0 aliphatic heterocycles. The number of hydrogen-bond donors (Lipinski definition) is 0. The fourth-order valence-electron chi connectivity index (χ4n) is 3.80. The molecule has 0 spiro atoms. The number of hydrogen-bond acceptors (Lipinski definition) is 2. The molecule has 4 nitrogen and oxygen atoms in total. The highest BCUT2D eigenvalue weighted by Crippen LogP contribution is 2.21. The van der Waals surface area contributed by atoms with Crippen molar-refractivity contribution in [1.82, 2.24) is 14.1 Å². The van der Waals surface area contributed by atoms with Crippen LogP contribution in [0.25, 0.3) is 21.8 Å². The second kappa shape index (κ2) is 6.89. The van der Waals surface area contributed by atoms with Crippen molar-refractivity contribution < 1.29 is 4.74 Å². The van der Waals surface area contributed by atoms with Gasteiger partial charge in [0.25, 0.3) is 0 Å². The molecule has 0 unspecified atom stereocenters. The number of ether oxygens (including phenoxy) is 1. The molecular weight excluding hydrogens is 346 g/mol. The van der Waals surface area contributed by atoms with E-state index in [0.717, 1.165) is 17.1 Å². The summed E-state index contributed by atoms with van der Waals surface area (Å²) in [6, 6.07) is 25.1. The molecule has 138 valence electrons. The van der Waals surface area contributed by atoms with Crippen molar-refractivity contribution in [3.8, 4) is 5.75 Å². The van der Waals surface area contributed by atoms with Crippen LogP contribution in [0, 0.1) is 0 Å². The van der Waals surface area contributed by atoms with Crippen molar-refractivity contribution in [1.29, 1.82) is 0 Å². The topological polar surface area (TPSA) is 32.0 Å². The first-order valence-corrected chi connectivity index (χ1v) is 9.42. The van der Waals surface area contributed by atoms with Gasteiger partial charge in [0.05, 0.1) is 31.6 Å². The molecule has 5 rings (SSSR count). The predicted molar refractivity (Wildman–Crippen MR) is 113 cm³/mol. The average molecular weight is 367 g/mol. The fourth-order valence-corrected chi connectivity index (χ4v) is 3.80. The minimum atomic E-state index is 0.712. The van der Waals surface area contributed by atoms with E-state index in [1.54, 1.807) is 7.11 Å². The van der Waals surface area contributed by atoms with Crippen LogP contribution in [0.15, 0.2) is 85.2 Å². The Bertz CT molecular complexity index is 1170. The normalized spacial score (nSPS) is 11.3. The zero-order chi connectivity index (χ0) is 18.9. The number of aromatic nitrogens is 3. The van der Waals surface area contributed by atoms with Gasteiger partial charge in [-0.25, -0.2) is 0 Å². The smallest absolute Gasteiger partial charge is 0.122 e. The molecule has 4 heteroatoms. The summed E-state index contributed by atoms with van der Waals surface area (Å²) in [4.78, 5) is 4.92. The molecule has 0 fully saturated rings. The molecule has 0 saturated carbocycles. The fraction of sp³-hybridized carbons (Fsp3) is 0.125. The molecule has 0 amide bonds. The van der Waals surface area contributed by atoms with Gasteiger partial charge in [0, 0.05) is 35.6 Å². The third-order valence-corrected chi connectivity index (χ3v) is 5.17. The van der Waals surface area contributed by atoms with E-state index >= 15 is 0 Å². The minimum Gasteiger partial charge on any atom is -0.497 e. The molecule has 0 aliphatic rings. The quantitative estimate of drug-likeness (QED) is 0.433. The SMILES string of the molecule is COc1cc(Cn2ccc3ccccc32)nc(Cn2ccc3ccccc32)c1. The van der Waals surface area contributed by atoms with E-state index in [9.17, 15) is 0 Å². The standard InChI is InChI=1S/C24H21N3O/c1-28-22-14-20(16-26-12-10-18-6-2-4-8-23(18)26)25-21(15-22)17-27-13-11-19-7-3-5-9-24(19)27/h2-15H,16-17H2,1H3. The first-order valence-electron chi connectivity index (χ1n) is 9.42. The molecule has 0 bridgehead atoms. The lowest BCUT2D eigenvalue weighted by molar-refractivity contribution is 0.412. The van der Waals surface area contributed by atoms with Gasteiger partial charge < -0.3 is 13.9 Å². The van der Waals surface area contributed by atoms with Gasteiger partial charge in [-0.1, -0.05) is 36.4 Å². The number of rotatable bonds is 5. The Morgan fingerprint density at radius 2 is 1.21 bits per heavy atom. The van der Waals surface area contributed by atoms with Crippen LogP contribution in [-0.2, 0) is 13.1 Å². The average Bonchev–Trinajstić information content (AvgIpc) is 3.33. The Balaban J connectivity index is 1.49. The van der Waals surface area contributed by atoms with Crippen LogP contribution < -0.4 is 4.74 Å². The van der Waals surface area contributed by atoms with E-state index in [4.69, 9.17) is 9.72 Å². The Kier molecular flexibility index (Phi) is 4.09. The summed E-state index contributed by atoms with van der Waals surface area (Å²) in [5, 5.41) is 2.48. The van der Waals surface area contributed by atoms with Gasteiger partial charge in [0.2, 0.25) is 0 Å². The van der Waals surface area contributed by atoms with E-state index in [1.165, 1.54) is 21.8 Å². The number of pyridine rings is 1. The van der Waals surface area contributed by atoms with Crippen molar-refractivity contribution in [2.75, 3.05) is 7.11 Å². The predicted octanol–water partition coefficient (Wildman–Crippen LogP) is 5.10. The highest BCUT2D eigenvalue weighted by atomic mass is 16.5. The second-order valence-corrected chi connectivity index (χ2v) is 6.99. The molecule has 0 saturated heterocycles. The third kappa shape index (κ3) is 3.03. The van der Waals surface area contributed by atoms with E-state index in [0.29, 0.717) is 13.1 Å². The summed E-state index contributed by atoms with van der Waals surface area (Å²) in [6.45, 7) is 1.42. The Labute approximate surface area is 163 Å². The number of benzene rings is 2. The second-order valence-electron chi connectivity index (χ2n) is 6.99. The highest BCUT2D eigenvalue weighted by Gasteiger charge is 2.08. The third-order valence-electron chi connectivity index (χ3n) is 5.17. The monoisotopic (exact) mass is 367 g/mol. The van der Waals surface area contributed by atoms with Gasteiger partial charge >= 0.3 is 0 Å². The molecule has 0 N–H and O–H groups in total. The summed E-state index contributed by atoms with van der Waals surface area (Å²) in [5.41, 5.74) is 4.41. The van der Waals surface area contributed by atoms with E-state index < -0.39 is 0 Å². The maximum Gasteiger partial charge on any atom is 0.122 e. The first kappa shape index (κ1) is 16.6. The van der Waals surface area contributed by atoms with Gasteiger partial charge in [-0.3, -0.25) is 4.98 Å². The maximum absolute atomic E-state index is 5.55. The number of fused-ring (bicyclic) bond motifs is 2. The molecule has 0 radical (unpaired) electrons. The van der Waals surface area contributed by atoms with Gasteiger partial charge in [-0.15, -0.1) is 0 Å². The Morgan fingerprint density at radius 1 is 0.714 bits per heavy atom. The van der Waals surface area contributed by atoms with Gasteiger partial charge in [0.1, 0.15) is 5.75 Å². The lowest BCUT2D eigenvalue weighted by Crippen LogP contribution is -2.06. The van der Waals surface area contributed by atoms with E-state index in [2.05, 4.69) is 82.2 Å². The van der Waals surface area contributed by atoms with Gasteiger partial charge in [-0.2, -0.15) is 0 Å². The molecule has 3 heterocycles. The van der Waals surface area contributed by atoms with Gasteiger partial charge in [0.15, 0.2) is 0 Å². The lowest BCUT2D eigenvalue weighted by Gasteiger charge is -2.11. The zero-order valence-electron chi connectivity index (χ0n) is 15.7. The van der Waals surface area contributed by atoms with Crippen molar-refractivity contribution >= 4 is 21.8 Å². The van der Waals surface area contributed by atoms with Crippen LogP contribution in [0.1, 0.15) is 11.4 Å². The summed E-state index contributed by atoms with van der Waals surface area (Å²) >= 11 is 0. The zero-order valence-corrected chi connectivity index (χ0v) is 15.7. The van der Waals surface area contributed by atoms with Crippen LogP contribution in [0.4, 0.5) is 0 Å². The summed E-state index contributed by atoms with van der Waals surface area (Å²) < 4.78 is 10.0. The number of para-hydroxylation sites is 2. The van der Waals surface area contributed by atoms with Crippen molar-refractivity contribution in [3.63, 3.8) is 0 Å². The van der Waals surface area contributed by atoms with Crippen molar-refractivity contribution in [3.05, 3.63) is 96.6 Å². The summed E-state index contributed by atoms with van der Waals surface area (Å²) in [7, 11) is 1.71. The van der Waals surface area contributed by atoms with Crippen LogP contribution in [-0.4, -0.2) is 21.2 Å². The van der Waals surface area contributed by atoms with Crippen LogP contribution in [0.3, 0.4) is 0 Å². The number of nitrogens with zero attached hydrogens (tertiary/aromatic N) is 3. The Hall–Kier alpha value is -3.53. The summed E-state index contributed by atoms with van der Waals surface area (Å²) in [6.07, 6.45) is 4.23. The highest BCUT2D eigenvalue weighted by molar-refractivity contribution is 5.80. The number of methoxy groups -OCH3 is 1. The molecule has 3 aromatic heterocycles. The molecule has 0 atom stereocenters. The van der Waals surface area contributed by atoms with E-state index in [1.807, 2.05) is 12.1 Å². The lowest BCUT2D eigenvalue weighted by atomic mass is 10.2. The Morgan fingerprint density at radius 3 is 1.71 bits per heavy atom. The van der Waals surface area contributed by atoms with Crippen LogP contribution in [0.2, 0.25) is 0 Å². The van der Waals surface area contributed by atoms with Crippen LogP contribution in [0.5, 0.6) is 5.75 Å². The van der Waals surface area contributed by atoms with Crippen LogP contribution >= 0.6 is 0 Å². The van der Waals surface area contributed by atoms with E-state index in [-0.39, 0.29) is 0 Å². The molecule has 28 heavy (non-hydrogen) atoms. The van der Waals surface area contributed by atoms with Crippen molar-refractivity contribution in [2.45, 2.75) is 13.1 Å². The molecule has 5 aromatic rings. The van der Waals surface area contributed by atoms with Crippen molar-refractivity contribution in [2.24, 2.45) is 0 Å². The summed E-state index contributed by atoms with van der Waals surface area (Å²) in [5.74, 6) is 0.841. The minimum absolute atomic E-state index is 0.712. The molecular formula is C24H21N3O. The first-order chi connectivity index (χ1) is 13.8. The largest absolute Gasteiger partial charge is 0.497 e. The maximum atomic E-state index is 5.55.